The number of aliphatic carboxylic acids is 1. The number of ether oxygens (including phenoxy) is 1. The minimum absolute atomic E-state index is 0.0229. The van der Waals surface area contributed by atoms with Crippen molar-refractivity contribution in [3.8, 4) is 0 Å². The molecule has 0 unspecified atom stereocenters. The normalized spacial score (nSPS) is 22.9. The highest BCUT2D eigenvalue weighted by Crippen LogP contribution is 2.30. The second-order valence-electron chi connectivity index (χ2n) is 5.47. The summed E-state index contributed by atoms with van der Waals surface area (Å²) in [6, 6.07) is 4.51. The maximum Gasteiger partial charge on any atom is 0.308 e. The second-order valence-corrected chi connectivity index (χ2v) is 7.85. The Hall–Kier alpha value is -1.15. The van der Waals surface area contributed by atoms with E-state index in [4.69, 9.17) is 21.4 Å². The molecule has 1 N–H and O–H groups in total. The Bertz CT molecular complexity index is 676. The number of benzene rings is 1. The van der Waals surface area contributed by atoms with Gasteiger partial charge in [-0.25, -0.2) is 8.42 Å². The smallest absolute Gasteiger partial charge is 0.308 e. The lowest BCUT2D eigenvalue weighted by atomic mass is 9.99. The first-order valence-electron chi connectivity index (χ1n) is 6.77. The van der Waals surface area contributed by atoms with Crippen LogP contribution in [0.1, 0.15) is 12.5 Å². The number of hydrogen-bond donors (Lipinski definition) is 1. The number of sulfonamides is 1. The topological polar surface area (TPSA) is 83.9 Å². The van der Waals surface area contributed by atoms with E-state index >= 15 is 0 Å². The van der Waals surface area contributed by atoms with Crippen molar-refractivity contribution < 1.29 is 23.1 Å². The average Bonchev–Trinajstić information content (AvgIpc) is 2.81. The fourth-order valence-electron chi connectivity index (χ4n) is 2.61. The van der Waals surface area contributed by atoms with Crippen LogP contribution in [-0.2, 0) is 26.2 Å². The lowest BCUT2D eigenvalue weighted by molar-refractivity contribution is -0.142. The van der Waals surface area contributed by atoms with Gasteiger partial charge in [0.25, 0.3) is 0 Å². The molecule has 2 atom stereocenters. The largest absolute Gasteiger partial charge is 0.481 e. The summed E-state index contributed by atoms with van der Waals surface area (Å²) in [5, 5.41) is 9.44. The highest BCUT2D eigenvalue weighted by molar-refractivity contribution is 7.89. The Morgan fingerprint density at radius 2 is 2.09 bits per heavy atom. The molecular formula is C14H18ClNO5S. The van der Waals surface area contributed by atoms with E-state index < -0.39 is 21.9 Å². The lowest BCUT2D eigenvalue weighted by Crippen LogP contribution is -2.30. The Labute approximate surface area is 134 Å². The SMILES string of the molecule is COCc1cc(Cl)cc(S(=O)(=O)N2C[C@@H](C)[C@H](C(=O)O)C2)c1. The summed E-state index contributed by atoms with van der Waals surface area (Å²) >= 11 is 5.97. The second kappa shape index (κ2) is 6.54. The fraction of sp³-hybridized carbons (Fsp3) is 0.500. The van der Waals surface area contributed by atoms with Crippen molar-refractivity contribution in [2.75, 3.05) is 20.2 Å². The van der Waals surface area contributed by atoms with E-state index in [1.807, 2.05) is 0 Å². The summed E-state index contributed by atoms with van der Waals surface area (Å²) in [5.41, 5.74) is 0.649. The molecule has 1 aromatic carbocycles. The number of methoxy groups -OCH3 is 1. The minimum Gasteiger partial charge on any atom is -0.481 e. The van der Waals surface area contributed by atoms with Crippen LogP contribution in [0, 0.1) is 11.8 Å². The molecule has 6 nitrogen and oxygen atoms in total. The summed E-state index contributed by atoms with van der Waals surface area (Å²) in [7, 11) is -2.26. The molecule has 0 saturated carbocycles. The molecule has 8 heteroatoms. The molecule has 1 aliphatic heterocycles. The van der Waals surface area contributed by atoms with E-state index in [1.165, 1.54) is 23.5 Å². The van der Waals surface area contributed by atoms with Crippen LogP contribution in [0.15, 0.2) is 23.1 Å². The zero-order chi connectivity index (χ0) is 16.5. The van der Waals surface area contributed by atoms with E-state index in [2.05, 4.69) is 0 Å². The number of carbonyl (C=O) groups is 1. The van der Waals surface area contributed by atoms with Gasteiger partial charge in [0.15, 0.2) is 0 Å². The zero-order valence-electron chi connectivity index (χ0n) is 12.3. The molecule has 0 bridgehead atoms. The molecule has 22 heavy (non-hydrogen) atoms. The van der Waals surface area contributed by atoms with Crippen molar-refractivity contribution in [2.45, 2.75) is 18.4 Å². The summed E-state index contributed by atoms with van der Waals surface area (Å²) in [6.07, 6.45) is 0. The van der Waals surface area contributed by atoms with Crippen molar-refractivity contribution in [3.63, 3.8) is 0 Å². The summed E-state index contributed by atoms with van der Waals surface area (Å²) < 4.78 is 31.6. The molecule has 0 aromatic heterocycles. The van der Waals surface area contributed by atoms with Crippen LogP contribution in [0.3, 0.4) is 0 Å². The molecule has 1 aromatic rings. The maximum absolute atomic E-state index is 12.7. The molecule has 1 saturated heterocycles. The Balaban J connectivity index is 2.33. The van der Waals surface area contributed by atoms with Gasteiger partial charge in [-0.3, -0.25) is 4.79 Å². The van der Waals surface area contributed by atoms with Gasteiger partial charge in [0.1, 0.15) is 0 Å². The molecule has 0 spiro atoms. The van der Waals surface area contributed by atoms with Gasteiger partial charge in [-0.05, 0) is 29.7 Å². The van der Waals surface area contributed by atoms with Crippen LogP contribution in [0.4, 0.5) is 0 Å². The molecule has 1 heterocycles. The van der Waals surface area contributed by atoms with Gasteiger partial charge < -0.3 is 9.84 Å². The van der Waals surface area contributed by atoms with Gasteiger partial charge in [0.05, 0.1) is 17.4 Å². The Morgan fingerprint density at radius 3 is 2.64 bits per heavy atom. The highest BCUT2D eigenvalue weighted by atomic mass is 35.5. The van der Waals surface area contributed by atoms with E-state index in [0.29, 0.717) is 10.6 Å². The van der Waals surface area contributed by atoms with E-state index in [1.54, 1.807) is 13.0 Å². The van der Waals surface area contributed by atoms with Crippen LogP contribution >= 0.6 is 11.6 Å². The number of halogens is 1. The third-order valence-corrected chi connectivity index (χ3v) is 5.80. The molecular weight excluding hydrogens is 330 g/mol. The first-order valence-corrected chi connectivity index (χ1v) is 8.59. The van der Waals surface area contributed by atoms with E-state index in [-0.39, 0.29) is 30.5 Å². The fourth-order valence-corrected chi connectivity index (χ4v) is 4.59. The third-order valence-electron chi connectivity index (χ3n) is 3.78. The Morgan fingerprint density at radius 1 is 1.41 bits per heavy atom. The number of hydrogen-bond acceptors (Lipinski definition) is 4. The third kappa shape index (κ3) is 3.43. The minimum atomic E-state index is -3.77. The lowest BCUT2D eigenvalue weighted by Gasteiger charge is -2.17. The van der Waals surface area contributed by atoms with E-state index in [0.717, 1.165) is 0 Å². The average molecular weight is 348 g/mol. The van der Waals surface area contributed by atoms with Crippen molar-refractivity contribution in [1.82, 2.24) is 4.31 Å². The van der Waals surface area contributed by atoms with Gasteiger partial charge in [-0.2, -0.15) is 4.31 Å². The van der Waals surface area contributed by atoms with Gasteiger partial charge in [0.2, 0.25) is 10.0 Å². The van der Waals surface area contributed by atoms with Crippen molar-refractivity contribution >= 4 is 27.6 Å². The molecule has 0 aliphatic carbocycles. The van der Waals surface area contributed by atoms with Crippen LogP contribution in [-0.4, -0.2) is 44.0 Å². The maximum atomic E-state index is 12.7. The van der Waals surface area contributed by atoms with Gasteiger partial charge in [-0.1, -0.05) is 18.5 Å². The quantitative estimate of drug-likeness (QED) is 0.878. The van der Waals surface area contributed by atoms with Crippen LogP contribution in [0.25, 0.3) is 0 Å². The molecule has 122 valence electrons. The van der Waals surface area contributed by atoms with Crippen molar-refractivity contribution in [3.05, 3.63) is 28.8 Å². The predicted molar refractivity (Wildman–Crippen MR) is 81.2 cm³/mol. The predicted octanol–water partition coefficient (Wildman–Crippen LogP) is 1.83. The van der Waals surface area contributed by atoms with Crippen LogP contribution < -0.4 is 0 Å². The first kappa shape index (κ1) is 17.2. The van der Waals surface area contributed by atoms with Crippen LogP contribution in [0.2, 0.25) is 5.02 Å². The summed E-state index contributed by atoms with van der Waals surface area (Å²) in [4.78, 5) is 11.2. The zero-order valence-corrected chi connectivity index (χ0v) is 13.9. The number of carboxylic acid groups (broad SMARTS) is 1. The standard InChI is InChI=1S/C14H18ClNO5S/c1-9-6-16(7-13(9)14(17)18)22(19,20)12-4-10(8-21-2)3-11(15)5-12/h3-5,9,13H,6-8H2,1-2H3,(H,17,18)/t9-,13-/m1/s1. The number of rotatable bonds is 5. The molecule has 1 fully saturated rings. The number of carboxylic acids is 1. The highest BCUT2D eigenvalue weighted by Gasteiger charge is 2.40. The van der Waals surface area contributed by atoms with Crippen LogP contribution in [0.5, 0.6) is 0 Å². The van der Waals surface area contributed by atoms with Gasteiger partial charge in [-0.15, -0.1) is 0 Å². The molecule has 0 amide bonds. The van der Waals surface area contributed by atoms with Gasteiger partial charge in [0, 0.05) is 25.2 Å². The van der Waals surface area contributed by atoms with Crippen molar-refractivity contribution in [1.29, 1.82) is 0 Å². The Kier molecular flexibility index (Phi) is 5.11. The van der Waals surface area contributed by atoms with Gasteiger partial charge >= 0.3 is 5.97 Å². The molecule has 0 radical (unpaired) electrons. The molecule has 1 aliphatic rings. The monoisotopic (exact) mass is 347 g/mol. The summed E-state index contributed by atoms with van der Waals surface area (Å²) in [6.45, 7) is 2.15. The first-order chi connectivity index (χ1) is 10.3. The number of nitrogens with zero attached hydrogens (tertiary/aromatic N) is 1. The van der Waals surface area contributed by atoms with Crippen molar-refractivity contribution in [2.24, 2.45) is 11.8 Å². The molecule has 2 rings (SSSR count). The van der Waals surface area contributed by atoms with E-state index in [9.17, 15) is 13.2 Å². The summed E-state index contributed by atoms with van der Waals surface area (Å²) in [5.74, 6) is -1.89.